The smallest absolute Gasteiger partial charge is 0.271 e. The van der Waals surface area contributed by atoms with Crippen LogP contribution >= 0.6 is 0 Å². The van der Waals surface area contributed by atoms with E-state index in [0.717, 1.165) is 11.4 Å². The third kappa shape index (κ3) is 3.31. The van der Waals surface area contributed by atoms with Gasteiger partial charge in [0.1, 0.15) is 0 Å². The number of hydrogen-bond acceptors (Lipinski definition) is 3. The van der Waals surface area contributed by atoms with Crippen LogP contribution in [-0.2, 0) is 0 Å². The van der Waals surface area contributed by atoms with Gasteiger partial charge in [0, 0.05) is 30.6 Å². The molecule has 0 unspecified atom stereocenters. The number of likely N-dealkylation sites (N-methyl/N-ethyl adjacent to an activating group) is 1. The maximum atomic E-state index is 10.7. The third-order valence-electron chi connectivity index (χ3n) is 2.44. The second-order valence-corrected chi connectivity index (χ2v) is 3.66. The summed E-state index contributed by atoms with van der Waals surface area (Å²) < 4.78 is 0. The van der Waals surface area contributed by atoms with Gasteiger partial charge in [-0.2, -0.15) is 0 Å². The Bertz CT molecular complexity index is 504. The summed E-state index contributed by atoms with van der Waals surface area (Å²) in [5.41, 5.74) is 1.75. The highest BCUT2D eigenvalue weighted by Gasteiger charge is 2.09. The van der Waals surface area contributed by atoms with Crippen molar-refractivity contribution < 1.29 is 4.92 Å². The number of anilines is 1. The molecule has 4 heteroatoms. The van der Waals surface area contributed by atoms with E-state index in [9.17, 15) is 10.1 Å². The highest BCUT2D eigenvalue weighted by atomic mass is 16.6. The highest BCUT2D eigenvalue weighted by Crippen LogP contribution is 2.23. The van der Waals surface area contributed by atoms with Crippen molar-refractivity contribution in [3.05, 3.63) is 71.0 Å². The van der Waals surface area contributed by atoms with Crippen molar-refractivity contribution in [1.82, 2.24) is 0 Å². The lowest BCUT2D eigenvalue weighted by atomic mass is 10.2. The van der Waals surface area contributed by atoms with Crippen LogP contribution in [0.4, 0.5) is 11.4 Å². The second-order valence-electron chi connectivity index (χ2n) is 3.66. The van der Waals surface area contributed by atoms with Crippen LogP contribution < -0.4 is 4.90 Å². The van der Waals surface area contributed by atoms with Crippen molar-refractivity contribution in [3.8, 4) is 0 Å². The van der Waals surface area contributed by atoms with Gasteiger partial charge >= 0.3 is 0 Å². The summed E-state index contributed by atoms with van der Waals surface area (Å²) in [4.78, 5) is 12.2. The molecule has 0 radical (unpaired) electrons. The Kier molecular flexibility index (Phi) is 4.87. The fourth-order valence-corrected chi connectivity index (χ4v) is 1.53. The minimum atomic E-state index is -0.399. The molecule has 94 valence electrons. The van der Waals surface area contributed by atoms with Gasteiger partial charge in [0.25, 0.3) is 5.69 Å². The van der Waals surface area contributed by atoms with Gasteiger partial charge in [-0.25, -0.2) is 0 Å². The Morgan fingerprint density at radius 2 is 2.22 bits per heavy atom. The van der Waals surface area contributed by atoms with E-state index in [0.29, 0.717) is 0 Å². The van der Waals surface area contributed by atoms with Gasteiger partial charge in [0.15, 0.2) is 0 Å². The van der Waals surface area contributed by atoms with Crippen LogP contribution in [0.2, 0.25) is 0 Å². The molecule has 0 aromatic heterocycles. The molecule has 0 fully saturated rings. The Morgan fingerprint density at radius 1 is 1.50 bits per heavy atom. The van der Waals surface area contributed by atoms with E-state index < -0.39 is 4.92 Å². The fourth-order valence-electron chi connectivity index (χ4n) is 1.53. The topological polar surface area (TPSA) is 46.4 Å². The SMILES string of the molecule is C=C/C=C(\C=C/C)N(C)c1cccc([N+](=O)[O-])c1. The van der Waals surface area contributed by atoms with Crippen LogP contribution in [0.25, 0.3) is 0 Å². The average molecular weight is 244 g/mol. The first kappa shape index (κ1) is 13.7. The predicted octanol–water partition coefficient (Wildman–Crippen LogP) is 3.68. The number of allylic oxidation sites excluding steroid dienone is 4. The summed E-state index contributed by atoms with van der Waals surface area (Å²) in [7, 11) is 1.86. The molecule has 0 N–H and O–H groups in total. The Hall–Kier alpha value is -2.36. The van der Waals surface area contributed by atoms with Crippen molar-refractivity contribution in [1.29, 1.82) is 0 Å². The molecule has 0 atom stereocenters. The highest BCUT2D eigenvalue weighted by molar-refractivity contribution is 5.58. The maximum Gasteiger partial charge on any atom is 0.271 e. The average Bonchev–Trinajstić information content (AvgIpc) is 2.38. The van der Waals surface area contributed by atoms with Crippen LogP contribution in [0.1, 0.15) is 6.92 Å². The van der Waals surface area contributed by atoms with Gasteiger partial charge < -0.3 is 4.90 Å². The van der Waals surface area contributed by atoms with Gasteiger partial charge in [-0.15, -0.1) is 0 Å². The summed E-state index contributed by atoms with van der Waals surface area (Å²) in [5.74, 6) is 0. The lowest BCUT2D eigenvalue weighted by Crippen LogP contribution is -2.14. The first-order valence-electron chi connectivity index (χ1n) is 5.53. The molecule has 0 spiro atoms. The van der Waals surface area contributed by atoms with E-state index in [4.69, 9.17) is 0 Å². The molecule has 1 aromatic rings. The molecule has 0 saturated carbocycles. The summed E-state index contributed by atoms with van der Waals surface area (Å²) in [6, 6.07) is 6.52. The number of non-ortho nitro benzene ring substituents is 1. The molecule has 1 aromatic carbocycles. The zero-order chi connectivity index (χ0) is 13.5. The molecular formula is C14H16N2O2. The first-order chi connectivity index (χ1) is 8.60. The Morgan fingerprint density at radius 3 is 2.78 bits per heavy atom. The van der Waals surface area contributed by atoms with Crippen molar-refractivity contribution in [2.45, 2.75) is 6.92 Å². The number of benzene rings is 1. The summed E-state index contributed by atoms with van der Waals surface area (Å²) in [6.45, 7) is 5.57. The molecule has 0 amide bonds. The lowest BCUT2D eigenvalue weighted by molar-refractivity contribution is -0.384. The van der Waals surface area contributed by atoms with Crippen molar-refractivity contribution >= 4 is 11.4 Å². The van der Waals surface area contributed by atoms with Crippen molar-refractivity contribution in [2.24, 2.45) is 0 Å². The van der Waals surface area contributed by atoms with Crippen LogP contribution in [0.5, 0.6) is 0 Å². The van der Waals surface area contributed by atoms with Gasteiger partial charge in [-0.1, -0.05) is 24.8 Å². The van der Waals surface area contributed by atoms with E-state index in [1.807, 2.05) is 43.2 Å². The van der Waals surface area contributed by atoms with Gasteiger partial charge in [0.05, 0.1) is 4.92 Å². The molecule has 1 rings (SSSR count). The lowest BCUT2D eigenvalue weighted by Gasteiger charge is -2.20. The van der Waals surface area contributed by atoms with Crippen molar-refractivity contribution in [2.75, 3.05) is 11.9 Å². The number of hydrogen-bond donors (Lipinski definition) is 0. The number of rotatable bonds is 5. The van der Waals surface area contributed by atoms with Gasteiger partial charge in [-0.05, 0) is 25.1 Å². The number of nitrogens with zero attached hydrogens (tertiary/aromatic N) is 2. The van der Waals surface area contributed by atoms with Crippen LogP contribution in [-0.4, -0.2) is 12.0 Å². The summed E-state index contributed by atoms with van der Waals surface area (Å²) in [6.07, 6.45) is 7.35. The molecule has 0 bridgehead atoms. The molecule has 18 heavy (non-hydrogen) atoms. The van der Waals surface area contributed by atoms with E-state index in [1.165, 1.54) is 6.07 Å². The maximum absolute atomic E-state index is 10.7. The summed E-state index contributed by atoms with van der Waals surface area (Å²) in [5, 5.41) is 10.7. The van der Waals surface area contributed by atoms with Crippen LogP contribution in [0.15, 0.2) is 60.8 Å². The summed E-state index contributed by atoms with van der Waals surface area (Å²) >= 11 is 0. The first-order valence-corrected chi connectivity index (χ1v) is 5.53. The van der Waals surface area contributed by atoms with Crippen molar-refractivity contribution in [3.63, 3.8) is 0 Å². The molecule has 4 nitrogen and oxygen atoms in total. The Balaban J connectivity index is 3.12. The zero-order valence-corrected chi connectivity index (χ0v) is 10.5. The number of nitro groups is 1. The van der Waals surface area contributed by atoms with Gasteiger partial charge in [0.2, 0.25) is 0 Å². The molecular weight excluding hydrogens is 228 g/mol. The van der Waals surface area contributed by atoms with E-state index in [2.05, 4.69) is 6.58 Å². The van der Waals surface area contributed by atoms with E-state index in [-0.39, 0.29) is 5.69 Å². The largest absolute Gasteiger partial charge is 0.344 e. The van der Waals surface area contributed by atoms with E-state index in [1.54, 1.807) is 18.2 Å². The predicted molar refractivity (Wildman–Crippen MR) is 74.6 cm³/mol. The molecule has 0 aliphatic carbocycles. The molecule has 0 saturated heterocycles. The molecule has 0 aliphatic heterocycles. The molecule has 0 aliphatic rings. The normalized spacial score (nSPS) is 11.6. The van der Waals surface area contributed by atoms with Crippen LogP contribution in [0, 0.1) is 10.1 Å². The minimum absolute atomic E-state index is 0.0813. The number of nitro benzene ring substituents is 1. The monoisotopic (exact) mass is 244 g/mol. The van der Waals surface area contributed by atoms with Crippen LogP contribution in [0.3, 0.4) is 0 Å². The molecule has 0 heterocycles. The minimum Gasteiger partial charge on any atom is -0.344 e. The fraction of sp³-hybridized carbons (Fsp3) is 0.143. The standard InChI is InChI=1S/C14H16N2O2/c1-4-7-12(8-5-2)15(3)13-9-6-10-14(11-13)16(17)18/h4-11H,1H2,2-3H3/b8-5-,12-7+. The second kappa shape index (κ2) is 6.39. The quantitative estimate of drug-likeness (QED) is 0.451. The zero-order valence-electron chi connectivity index (χ0n) is 10.5. The van der Waals surface area contributed by atoms with E-state index >= 15 is 0 Å². The Labute approximate surface area is 107 Å². The van der Waals surface area contributed by atoms with Gasteiger partial charge in [-0.3, -0.25) is 10.1 Å². The third-order valence-corrected chi connectivity index (χ3v) is 2.44.